The Balaban J connectivity index is 1.36. The first-order valence-corrected chi connectivity index (χ1v) is 10.5. The molecule has 3 aromatic heterocycles. The first-order chi connectivity index (χ1) is 15.2. The summed E-state index contributed by atoms with van der Waals surface area (Å²) in [6, 6.07) is 14.5. The first-order valence-electron chi connectivity index (χ1n) is 10.5. The fourth-order valence-corrected chi connectivity index (χ4v) is 4.29. The van der Waals surface area contributed by atoms with Crippen LogP contribution in [-0.2, 0) is 6.54 Å². The lowest BCUT2D eigenvalue weighted by molar-refractivity contribution is 0.194. The molecule has 1 saturated heterocycles. The summed E-state index contributed by atoms with van der Waals surface area (Å²) in [7, 11) is 1.66. The Labute approximate surface area is 180 Å². The number of pyridine rings is 2. The predicted molar refractivity (Wildman–Crippen MR) is 116 cm³/mol. The van der Waals surface area contributed by atoms with Crippen LogP contribution >= 0.6 is 0 Å². The van der Waals surface area contributed by atoms with Gasteiger partial charge in [0.25, 0.3) is 0 Å². The molecule has 0 saturated carbocycles. The van der Waals surface area contributed by atoms with Crippen molar-refractivity contribution < 1.29 is 9.13 Å². The highest BCUT2D eigenvalue weighted by Gasteiger charge is 2.25. The van der Waals surface area contributed by atoms with Gasteiger partial charge >= 0.3 is 0 Å². The van der Waals surface area contributed by atoms with E-state index in [0.29, 0.717) is 5.88 Å². The third kappa shape index (κ3) is 4.14. The van der Waals surface area contributed by atoms with Gasteiger partial charge in [0, 0.05) is 42.5 Å². The molecule has 7 heteroatoms. The van der Waals surface area contributed by atoms with Gasteiger partial charge in [-0.05, 0) is 55.3 Å². The summed E-state index contributed by atoms with van der Waals surface area (Å²) in [4.78, 5) is 11.5. The van der Waals surface area contributed by atoms with Crippen LogP contribution in [0.2, 0.25) is 0 Å². The maximum absolute atomic E-state index is 13.6. The van der Waals surface area contributed by atoms with Crippen LogP contribution < -0.4 is 4.74 Å². The summed E-state index contributed by atoms with van der Waals surface area (Å²) in [5.41, 5.74) is 3.64. The van der Waals surface area contributed by atoms with Gasteiger partial charge in [-0.2, -0.15) is 5.10 Å². The van der Waals surface area contributed by atoms with Crippen molar-refractivity contribution in [2.24, 2.45) is 0 Å². The van der Waals surface area contributed by atoms with E-state index in [2.05, 4.69) is 16.0 Å². The minimum Gasteiger partial charge on any atom is -0.481 e. The first kappa shape index (κ1) is 19.6. The minimum absolute atomic E-state index is 0.246. The number of methoxy groups -OCH3 is 1. The topological polar surface area (TPSA) is 55.5 Å². The van der Waals surface area contributed by atoms with Gasteiger partial charge in [0.2, 0.25) is 5.88 Å². The second-order valence-electron chi connectivity index (χ2n) is 7.95. The molecule has 31 heavy (non-hydrogen) atoms. The number of nitrogens with zero attached hydrogens (tertiary/aromatic N) is 5. The second-order valence-corrected chi connectivity index (χ2v) is 7.95. The van der Waals surface area contributed by atoms with Gasteiger partial charge in [0.05, 0.1) is 7.11 Å². The van der Waals surface area contributed by atoms with Crippen LogP contribution in [0.4, 0.5) is 4.39 Å². The molecule has 158 valence electrons. The maximum atomic E-state index is 13.6. The molecule has 1 atom stereocenters. The van der Waals surface area contributed by atoms with Crippen LogP contribution in [0, 0.1) is 5.82 Å². The smallest absolute Gasteiger partial charge is 0.217 e. The molecule has 6 nitrogen and oxygen atoms in total. The van der Waals surface area contributed by atoms with E-state index in [-0.39, 0.29) is 11.7 Å². The van der Waals surface area contributed by atoms with Crippen LogP contribution in [0.5, 0.6) is 5.88 Å². The predicted octanol–water partition coefficient (Wildman–Crippen LogP) is 4.32. The fourth-order valence-electron chi connectivity index (χ4n) is 4.29. The summed E-state index contributed by atoms with van der Waals surface area (Å²) >= 11 is 0. The van der Waals surface area contributed by atoms with E-state index in [1.165, 1.54) is 12.1 Å². The number of likely N-dealkylation sites (tertiary alicyclic amines) is 1. The van der Waals surface area contributed by atoms with E-state index < -0.39 is 0 Å². The monoisotopic (exact) mass is 417 g/mol. The van der Waals surface area contributed by atoms with Crippen molar-refractivity contribution in [1.29, 1.82) is 0 Å². The Morgan fingerprint density at radius 1 is 1.13 bits per heavy atom. The van der Waals surface area contributed by atoms with Gasteiger partial charge in [-0.3, -0.25) is 4.90 Å². The van der Waals surface area contributed by atoms with Crippen molar-refractivity contribution in [1.82, 2.24) is 24.5 Å². The Bertz CT molecular complexity index is 1210. The number of halogens is 1. The van der Waals surface area contributed by atoms with E-state index in [9.17, 15) is 4.39 Å². The van der Waals surface area contributed by atoms with Crippen molar-refractivity contribution in [2.75, 3.05) is 20.2 Å². The molecule has 1 aliphatic rings. The van der Waals surface area contributed by atoms with Crippen molar-refractivity contribution >= 4 is 5.65 Å². The van der Waals surface area contributed by atoms with E-state index >= 15 is 0 Å². The molecule has 1 aliphatic heterocycles. The van der Waals surface area contributed by atoms with E-state index in [0.717, 1.165) is 60.6 Å². The average Bonchev–Trinajstić information content (AvgIpc) is 3.23. The molecule has 4 heterocycles. The number of piperidine rings is 1. The summed E-state index contributed by atoms with van der Waals surface area (Å²) in [6.07, 6.45) is 5.83. The van der Waals surface area contributed by atoms with E-state index in [1.807, 2.05) is 30.5 Å². The lowest BCUT2D eigenvalue weighted by Crippen LogP contribution is -2.34. The molecule has 0 amide bonds. The molecule has 1 fully saturated rings. The standard InChI is InChI=1S/C24H24FN5O/c1-31-24-20(6-3-11-26-24)15-29-12-4-7-19(14-29)23-27-22-10-9-18(16-30(22)28-23)17-5-2-8-21(25)13-17/h2-3,5-6,8-11,13,16,19H,4,7,12,14-15H2,1H3/t19-/m1/s1. The number of aromatic nitrogens is 4. The van der Waals surface area contributed by atoms with Crippen LogP contribution in [-0.4, -0.2) is 44.7 Å². The molecular weight excluding hydrogens is 393 g/mol. The van der Waals surface area contributed by atoms with Crippen LogP contribution in [0.1, 0.15) is 30.1 Å². The quantitative estimate of drug-likeness (QED) is 0.484. The molecular formula is C24H24FN5O. The molecule has 0 N–H and O–H groups in total. The summed E-state index contributed by atoms with van der Waals surface area (Å²) in [6.45, 7) is 2.72. The zero-order valence-corrected chi connectivity index (χ0v) is 17.4. The van der Waals surface area contributed by atoms with Gasteiger partial charge in [-0.15, -0.1) is 0 Å². The Morgan fingerprint density at radius 2 is 2.06 bits per heavy atom. The zero-order valence-electron chi connectivity index (χ0n) is 17.4. The summed E-state index contributed by atoms with van der Waals surface area (Å²) in [5, 5.41) is 4.77. The second kappa shape index (κ2) is 8.43. The fraction of sp³-hybridized carbons (Fsp3) is 0.292. The zero-order chi connectivity index (χ0) is 21.2. The van der Waals surface area contributed by atoms with Crippen LogP contribution in [0.25, 0.3) is 16.8 Å². The van der Waals surface area contributed by atoms with Crippen molar-refractivity contribution in [3.05, 3.63) is 78.1 Å². The van der Waals surface area contributed by atoms with Crippen molar-refractivity contribution in [3.63, 3.8) is 0 Å². The molecule has 4 aromatic rings. The molecule has 0 unspecified atom stereocenters. The largest absolute Gasteiger partial charge is 0.481 e. The normalized spacial score (nSPS) is 17.2. The number of hydrogen-bond acceptors (Lipinski definition) is 5. The van der Waals surface area contributed by atoms with E-state index in [1.54, 1.807) is 23.9 Å². The minimum atomic E-state index is -0.246. The number of rotatable bonds is 5. The van der Waals surface area contributed by atoms with Crippen LogP contribution in [0.3, 0.4) is 0 Å². The number of ether oxygens (including phenoxy) is 1. The van der Waals surface area contributed by atoms with Crippen molar-refractivity contribution in [3.8, 4) is 17.0 Å². The third-order valence-electron chi connectivity index (χ3n) is 5.81. The van der Waals surface area contributed by atoms with Gasteiger partial charge in [0.15, 0.2) is 11.5 Å². The SMILES string of the molecule is COc1ncccc1CN1CCC[C@@H](c2nc3ccc(-c4cccc(F)c4)cn3n2)C1. The summed E-state index contributed by atoms with van der Waals surface area (Å²) < 4.78 is 20.8. The van der Waals surface area contributed by atoms with Gasteiger partial charge < -0.3 is 4.74 Å². The highest BCUT2D eigenvalue weighted by Crippen LogP contribution is 2.28. The molecule has 0 aliphatic carbocycles. The molecule has 1 aromatic carbocycles. The highest BCUT2D eigenvalue weighted by atomic mass is 19.1. The number of benzene rings is 1. The van der Waals surface area contributed by atoms with Gasteiger partial charge in [-0.25, -0.2) is 18.9 Å². The number of fused-ring (bicyclic) bond motifs is 1. The molecule has 5 rings (SSSR count). The molecule has 0 bridgehead atoms. The van der Waals surface area contributed by atoms with Crippen molar-refractivity contribution in [2.45, 2.75) is 25.3 Å². The highest BCUT2D eigenvalue weighted by molar-refractivity contribution is 5.64. The third-order valence-corrected chi connectivity index (χ3v) is 5.81. The Morgan fingerprint density at radius 3 is 2.94 bits per heavy atom. The Hall–Kier alpha value is -3.32. The lowest BCUT2D eigenvalue weighted by atomic mass is 9.97. The maximum Gasteiger partial charge on any atom is 0.217 e. The van der Waals surface area contributed by atoms with Crippen LogP contribution in [0.15, 0.2) is 60.9 Å². The van der Waals surface area contributed by atoms with Gasteiger partial charge in [-0.1, -0.05) is 18.2 Å². The Kier molecular flexibility index (Phi) is 5.34. The molecule has 0 spiro atoms. The summed E-state index contributed by atoms with van der Waals surface area (Å²) in [5.74, 6) is 1.57. The average molecular weight is 417 g/mol. The lowest BCUT2D eigenvalue weighted by Gasteiger charge is -2.31. The molecule has 0 radical (unpaired) electrons. The number of hydrogen-bond donors (Lipinski definition) is 0. The van der Waals surface area contributed by atoms with Gasteiger partial charge in [0.1, 0.15) is 5.82 Å². The van der Waals surface area contributed by atoms with E-state index in [4.69, 9.17) is 14.8 Å².